The summed E-state index contributed by atoms with van der Waals surface area (Å²) in [7, 11) is 0. The van der Waals surface area contributed by atoms with E-state index in [0.717, 1.165) is 25.7 Å². The Morgan fingerprint density at radius 1 is 1.45 bits per heavy atom. The predicted octanol–water partition coefficient (Wildman–Crippen LogP) is 3.33. The minimum Gasteiger partial charge on any atom is -0.480 e. The van der Waals surface area contributed by atoms with Gasteiger partial charge in [-0.3, -0.25) is 4.79 Å². The molecule has 1 fully saturated rings. The van der Waals surface area contributed by atoms with Crippen LogP contribution < -0.4 is 5.73 Å². The highest BCUT2D eigenvalue weighted by atomic mass is 16.5. The maximum Gasteiger partial charge on any atom is 0.323 e. The van der Waals surface area contributed by atoms with Gasteiger partial charge in [0.15, 0.2) is 0 Å². The first-order valence-corrected chi connectivity index (χ1v) is 8.14. The van der Waals surface area contributed by atoms with Crippen molar-refractivity contribution in [2.75, 3.05) is 6.61 Å². The summed E-state index contributed by atoms with van der Waals surface area (Å²) in [5.41, 5.74) is 5.00. The molecule has 3 atom stereocenters. The molecular weight excluding hydrogens is 254 g/mol. The topological polar surface area (TPSA) is 72.5 Å². The first-order chi connectivity index (χ1) is 9.50. The summed E-state index contributed by atoms with van der Waals surface area (Å²) in [5.74, 6) is -0.792. The molecule has 0 amide bonds. The Kier molecular flexibility index (Phi) is 7.52. The number of hydrogen-bond acceptors (Lipinski definition) is 3. The highest BCUT2D eigenvalue weighted by molar-refractivity contribution is 5.79. The average Bonchev–Trinajstić information content (AvgIpc) is 2.78. The van der Waals surface area contributed by atoms with Gasteiger partial charge >= 0.3 is 5.97 Å². The largest absolute Gasteiger partial charge is 0.480 e. The maximum absolute atomic E-state index is 11.3. The Morgan fingerprint density at radius 3 is 2.85 bits per heavy atom. The van der Waals surface area contributed by atoms with E-state index in [4.69, 9.17) is 10.5 Å². The molecule has 0 aromatic rings. The van der Waals surface area contributed by atoms with E-state index in [1.54, 1.807) is 0 Å². The second-order valence-corrected chi connectivity index (χ2v) is 6.25. The first-order valence-electron chi connectivity index (χ1n) is 8.14. The van der Waals surface area contributed by atoms with Crippen molar-refractivity contribution in [2.24, 2.45) is 11.7 Å². The van der Waals surface area contributed by atoms with Gasteiger partial charge in [0.05, 0.1) is 6.10 Å². The Morgan fingerprint density at radius 2 is 2.20 bits per heavy atom. The quantitative estimate of drug-likeness (QED) is 0.604. The molecule has 1 saturated carbocycles. The van der Waals surface area contributed by atoms with Gasteiger partial charge in [0.25, 0.3) is 0 Å². The fourth-order valence-electron chi connectivity index (χ4n) is 3.14. The van der Waals surface area contributed by atoms with Crippen LogP contribution in [-0.4, -0.2) is 29.3 Å². The molecule has 4 heteroatoms. The van der Waals surface area contributed by atoms with Crippen molar-refractivity contribution in [3.8, 4) is 0 Å². The Balaban J connectivity index is 2.18. The van der Waals surface area contributed by atoms with E-state index >= 15 is 0 Å². The zero-order valence-electron chi connectivity index (χ0n) is 13.1. The molecule has 118 valence electrons. The zero-order valence-corrected chi connectivity index (χ0v) is 13.1. The summed E-state index contributed by atoms with van der Waals surface area (Å²) in [6.45, 7) is 4.95. The number of carboxylic acids is 1. The van der Waals surface area contributed by atoms with Crippen LogP contribution in [0.2, 0.25) is 0 Å². The van der Waals surface area contributed by atoms with Crippen molar-refractivity contribution in [1.82, 2.24) is 0 Å². The van der Waals surface area contributed by atoms with Crippen molar-refractivity contribution in [1.29, 1.82) is 0 Å². The van der Waals surface area contributed by atoms with Crippen LogP contribution in [0.3, 0.4) is 0 Å². The number of hydrogen-bond donors (Lipinski definition) is 2. The summed E-state index contributed by atoms with van der Waals surface area (Å²) < 4.78 is 5.81. The van der Waals surface area contributed by atoms with Gasteiger partial charge in [0.2, 0.25) is 0 Å². The number of carboxylic acid groups (broad SMARTS) is 1. The lowest BCUT2D eigenvalue weighted by molar-refractivity contribution is -0.145. The van der Waals surface area contributed by atoms with Crippen molar-refractivity contribution in [3.05, 3.63) is 0 Å². The van der Waals surface area contributed by atoms with E-state index in [9.17, 15) is 9.90 Å². The Bertz CT molecular complexity index is 295. The third kappa shape index (κ3) is 5.06. The van der Waals surface area contributed by atoms with E-state index in [0.29, 0.717) is 13.0 Å². The van der Waals surface area contributed by atoms with Crippen LogP contribution in [0.5, 0.6) is 0 Å². The van der Waals surface area contributed by atoms with Gasteiger partial charge in [0, 0.05) is 6.61 Å². The van der Waals surface area contributed by atoms with Gasteiger partial charge in [-0.1, -0.05) is 39.0 Å². The number of nitrogens with two attached hydrogens (primary N) is 1. The summed E-state index contributed by atoms with van der Waals surface area (Å²) in [4.78, 5) is 11.3. The molecule has 0 radical (unpaired) electrons. The summed E-state index contributed by atoms with van der Waals surface area (Å²) in [6.07, 6.45) is 9.60. The van der Waals surface area contributed by atoms with E-state index < -0.39 is 11.5 Å². The molecule has 1 aliphatic rings. The first kappa shape index (κ1) is 17.4. The van der Waals surface area contributed by atoms with Gasteiger partial charge in [0.1, 0.15) is 5.54 Å². The standard InChI is InChI=1S/C16H31NO3/c1-3-4-5-6-8-13(2)20-12-10-14-9-7-11-16(14,17)15(18)19/h13-14H,3-12,17H2,1-2H3,(H,18,19). The fraction of sp³-hybridized carbons (Fsp3) is 0.938. The summed E-state index contributed by atoms with van der Waals surface area (Å²) in [6, 6.07) is 0. The molecule has 20 heavy (non-hydrogen) atoms. The van der Waals surface area contributed by atoms with Gasteiger partial charge in [-0.05, 0) is 38.5 Å². The number of rotatable bonds is 10. The molecule has 1 aliphatic carbocycles. The third-order valence-corrected chi connectivity index (χ3v) is 4.60. The fourth-order valence-corrected chi connectivity index (χ4v) is 3.14. The Labute approximate surface area is 123 Å². The molecule has 0 heterocycles. The van der Waals surface area contributed by atoms with Gasteiger partial charge < -0.3 is 15.6 Å². The van der Waals surface area contributed by atoms with Crippen LogP contribution in [0.15, 0.2) is 0 Å². The minimum atomic E-state index is -1.02. The second kappa shape index (κ2) is 8.63. The highest BCUT2D eigenvalue weighted by Gasteiger charge is 2.45. The van der Waals surface area contributed by atoms with E-state index in [1.807, 2.05) is 0 Å². The van der Waals surface area contributed by atoms with Crippen LogP contribution >= 0.6 is 0 Å². The monoisotopic (exact) mass is 285 g/mol. The minimum absolute atomic E-state index is 0.0623. The molecule has 0 bridgehead atoms. The number of carbonyl (C=O) groups is 1. The SMILES string of the molecule is CCCCCCC(C)OCCC1CCCC1(N)C(=O)O. The molecule has 0 aromatic heterocycles. The lowest BCUT2D eigenvalue weighted by Crippen LogP contribution is -2.51. The summed E-state index contributed by atoms with van der Waals surface area (Å²) >= 11 is 0. The number of aliphatic carboxylic acids is 1. The van der Waals surface area contributed by atoms with Crippen LogP contribution in [0.25, 0.3) is 0 Å². The molecule has 1 rings (SSSR count). The van der Waals surface area contributed by atoms with Crippen molar-refractivity contribution in [3.63, 3.8) is 0 Å². The molecule has 3 N–H and O–H groups in total. The molecule has 0 aromatic carbocycles. The zero-order chi connectivity index (χ0) is 15.0. The van der Waals surface area contributed by atoms with Crippen molar-refractivity contribution < 1.29 is 14.6 Å². The van der Waals surface area contributed by atoms with Crippen molar-refractivity contribution in [2.45, 2.75) is 83.3 Å². The van der Waals surface area contributed by atoms with Crippen LogP contribution in [0.4, 0.5) is 0 Å². The lowest BCUT2D eigenvalue weighted by atomic mass is 9.86. The second-order valence-electron chi connectivity index (χ2n) is 6.25. The predicted molar refractivity (Wildman–Crippen MR) is 80.7 cm³/mol. The normalized spacial score (nSPS) is 27.6. The van der Waals surface area contributed by atoms with Gasteiger partial charge in [-0.2, -0.15) is 0 Å². The average molecular weight is 285 g/mol. The van der Waals surface area contributed by atoms with E-state index in [-0.39, 0.29) is 12.0 Å². The Hall–Kier alpha value is -0.610. The number of ether oxygens (including phenoxy) is 1. The molecule has 4 nitrogen and oxygen atoms in total. The maximum atomic E-state index is 11.3. The van der Waals surface area contributed by atoms with E-state index in [1.165, 1.54) is 25.7 Å². The molecule has 3 unspecified atom stereocenters. The molecule has 0 spiro atoms. The van der Waals surface area contributed by atoms with Gasteiger partial charge in [-0.15, -0.1) is 0 Å². The van der Waals surface area contributed by atoms with Crippen molar-refractivity contribution >= 4 is 5.97 Å². The van der Waals surface area contributed by atoms with Crippen LogP contribution in [0.1, 0.15) is 71.6 Å². The van der Waals surface area contributed by atoms with E-state index in [2.05, 4.69) is 13.8 Å². The third-order valence-electron chi connectivity index (χ3n) is 4.60. The van der Waals surface area contributed by atoms with Crippen LogP contribution in [-0.2, 0) is 9.53 Å². The molecule has 0 aliphatic heterocycles. The smallest absolute Gasteiger partial charge is 0.323 e. The molecular formula is C16H31NO3. The van der Waals surface area contributed by atoms with Gasteiger partial charge in [-0.25, -0.2) is 0 Å². The highest BCUT2D eigenvalue weighted by Crippen LogP contribution is 2.36. The number of unbranched alkanes of at least 4 members (excludes halogenated alkanes) is 3. The summed E-state index contributed by atoms with van der Waals surface area (Å²) in [5, 5.41) is 9.25. The van der Waals surface area contributed by atoms with Crippen LogP contribution in [0, 0.1) is 5.92 Å². The lowest BCUT2D eigenvalue weighted by Gasteiger charge is -2.27. The molecule has 0 saturated heterocycles.